The summed E-state index contributed by atoms with van der Waals surface area (Å²) in [5, 5.41) is 2.20. The van der Waals surface area contributed by atoms with Gasteiger partial charge in [-0.15, -0.1) is 11.8 Å². The van der Waals surface area contributed by atoms with Gasteiger partial charge in [0.2, 0.25) is 5.24 Å². The molecule has 0 saturated carbocycles. The van der Waals surface area contributed by atoms with Crippen molar-refractivity contribution in [2.45, 2.75) is 18.1 Å². The van der Waals surface area contributed by atoms with Gasteiger partial charge in [-0.1, -0.05) is 6.08 Å². The lowest BCUT2D eigenvalue weighted by Gasteiger charge is -2.01. The van der Waals surface area contributed by atoms with E-state index in [1.54, 1.807) is 11.8 Å². The number of thioether (sulfide) groups is 1. The van der Waals surface area contributed by atoms with Crippen molar-refractivity contribution in [3.63, 3.8) is 0 Å². The lowest BCUT2D eigenvalue weighted by molar-refractivity contribution is -0.111. The highest BCUT2D eigenvalue weighted by Gasteiger charge is 2.13. The van der Waals surface area contributed by atoms with E-state index in [0.717, 1.165) is 6.42 Å². The van der Waals surface area contributed by atoms with Crippen molar-refractivity contribution in [3.8, 4) is 0 Å². The number of carbonyl (C=O) groups excluding carboxylic acids is 1. The topological polar surface area (TPSA) is 17.1 Å². The van der Waals surface area contributed by atoms with Crippen LogP contribution in [0.4, 0.5) is 0 Å². The summed E-state index contributed by atoms with van der Waals surface area (Å²) < 4.78 is 0. The highest BCUT2D eigenvalue weighted by atomic mass is 35.5. The number of carbonyl (C=O) groups is 1. The Morgan fingerprint density at radius 2 is 2.67 bits per heavy atom. The van der Waals surface area contributed by atoms with E-state index in [0.29, 0.717) is 11.7 Å². The van der Waals surface area contributed by atoms with E-state index in [4.69, 9.17) is 11.6 Å². The second-order valence-electron chi connectivity index (χ2n) is 1.92. The zero-order valence-electron chi connectivity index (χ0n) is 4.84. The fourth-order valence-corrected chi connectivity index (χ4v) is 1.93. The van der Waals surface area contributed by atoms with Crippen LogP contribution < -0.4 is 0 Å². The van der Waals surface area contributed by atoms with Gasteiger partial charge in [0.05, 0.1) is 0 Å². The molecule has 1 nitrogen and oxygen atoms in total. The molecule has 0 amide bonds. The molecule has 9 heavy (non-hydrogen) atoms. The number of rotatable bonds is 2. The van der Waals surface area contributed by atoms with Crippen LogP contribution in [0.1, 0.15) is 12.8 Å². The van der Waals surface area contributed by atoms with Gasteiger partial charge < -0.3 is 0 Å². The van der Waals surface area contributed by atoms with Crippen molar-refractivity contribution in [1.82, 2.24) is 0 Å². The Bertz CT molecular complexity index is 136. The molecule has 1 rings (SSSR count). The minimum atomic E-state index is -0.226. The first kappa shape index (κ1) is 7.16. The molecular formula is C6H7ClOS. The fraction of sp³-hybridized carbons (Fsp3) is 0.500. The predicted octanol–water partition coefficient (Wildman–Crippen LogP) is 2.16. The van der Waals surface area contributed by atoms with Crippen molar-refractivity contribution in [1.29, 1.82) is 0 Å². The molecule has 1 atom stereocenters. The molecule has 1 aliphatic rings. The quantitative estimate of drug-likeness (QED) is 0.579. The summed E-state index contributed by atoms with van der Waals surface area (Å²) in [6.07, 6.45) is 3.55. The molecule has 3 heteroatoms. The summed E-state index contributed by atoms with van der Waals surface area (Å²) in [5.74, 6) is 0. The van der Waals surface area contributed by atoms with E-state index in [1.165, 1.54) is 0 Å². The third-order valence-corrected chi connectivity index (χ3v) is 2.40. The monoisotopic (exact) mass is 162 g/mol. The zero-order chi connectivity index (χ0) is 6.69. The Kier molecular flexibility index (Phi) is 2.61. The molecule has 1 aliphatic heterocycles. The van der Waals surface area contributed by atoms with E-state index in [2.05, 4.69) is 6.08 Å². The standard InChI is InChI=1S/C6H7ClOS/c7-6(8)4-5-2-1-3-9-5/h1,3,5H,2,4H2. The molecule has 0 aliphatic carbocycles. The molecule has 0 N–H and O–H groups in total. The van der Waals surface area contributed by atoms with E-state index in [-0.39, 0.29) is 5.24 Å². The van der Waals surface area contributed by atoms with Crippen LogP contribution in [0.3, 0.4) is 0 Å². The summed E-state index contributed by atoms with van der Waals surface area (Å²) in [6.45, 7) is 0. The molecule has 0 aromatic rings. The largest absolute Gasteiger partial charge is 0.281 e. The molecular weight excluding hydrogens is 156 g/mol. The molecule has 0 saturated heterocycles. The van der Waals surface area contributed by atoms with E-state index >= 15 is 0 Å². The van der Waals surface area contributed by atoms with E-state index < -0.39 is 0 Å². The van der Waals surface area contributed by atoms with Crippen LogP contribution in [-0.4, -0.2) is 10.5 Å². The lowest BCUT2D eigenvalue weighted by Crippen LogP contribution is -2.01. The maximum Gasteiger partial charge on any atom is 0.222 e. The number of allylic oxidation sites excluding steroid dienone is 1. The minimum Gasteiger partial charge on any atom is -0.281 e. The number of hydrogen-bond donors (Lipinski definition) is 0. The molecule has 0 spiro atoms. The van der Waals surface area contributed by atoms with Crippen LogP contribution in [0.15, 0.2) is 11.5 Å². The maximum absolute atomic E-state index is 10.3. The third-order valence-electron chi connectivity index (χ3n) is 1.15. The van der Waals surface area contributed by atoms with Gasteiger partial charge in [-0.2, -0.15) is 0 Å². The Morgan fingerprint density at radius 1 is 1.89 bits per heavy atom. The second-order valence-corrected chi connectivity index (χ2v) is 3.56. The summed E-state index contributed by atoms with van der Waals surface area (Å²) >= 11 is 6.86. The van der Waals surface area contributed by atoms with Gasteiger partial charge in [0.1, 0.15) is 0 Å². The number of hydrogen-bond acceptors (Lipinski definition) is 2. The highest BCUT2D eigenvalue weighted by Crippen LogP contribution is 2.26. The second kappa shape index (κ2) is 3.28. The molecule has 50 valence electrons. The molecule has 0 aromatic carbocycles. The molecule has 0 aromatic heterocycles. The highest BCUT2D eigenvalue weighted by molar-refractivity contribution is 8.03. The lowest BCUT2D eigenvalue weighted by atomic mass is 10.2. The third kappa shape index (κ3) is 2.41. The normalized spacial score (nSPS) is 24.8. The zero-order valence-corrected chi connectivity index (χ0v) is 6.41. The smallest absolute Gasteiger partial charge is 0.222 e. The van der Waals surface area contributed by atoms with Crippen LogP contribution in [0.25, 0.3) is 0 Å². The summed E-state index contributed by atoms with van der Waals surface area (Å²) in [5.41, 5.74) is 0. The van der Waals surface area contributed by atoms with Crippen molar-refractivity contribution in [3.05, 3.63) is 11.5 Å². The van der Waals surface area contributed by atoms with Gasteiger partial charge in [-0.25, -0.2) is 0 Å². The van der Waals surface area contributed by atoms with Gasteiger partial charge in [0.15, 0.2) is 0 Å². The van der Waals surface area contributed by atoms with Crippen molar-refractivity contribution in [2.24, 2.45) is 0 Å². The van der Waals surface area contributed by atoms with Gasteiger partial charge in [-0.05, 0) is 23.4 Å². The van der Waals surface area contributed by atoms with E-state index in [9.17, 15) is 4.79 Å². The first-order chi connectivity index (χ1) is 4.29. The first-order valence-corrected chi connectivity index (χ1v) is 4.10. The molecule has 0 fully saturated rings. The Balaban J connectivity index is 2.22. The molecule has 0 radical (unpaired) electrons. The van der Waals surface area contributed by atoms with Crippen LogP contribution in [0, 0.1) is 0 Å². The summed E-state index contributed by atoms with van der Waals surface area (Å²) in [4.78, 5) is 10.3. The average molecular weight is 163 g/mol. The van der Waals surface area contributed by atoms with Crippen molar-refractivity contribution < 1.29 is 4.79 Å². The van der Waals surface area contributed by atoms with Gasteiger partial charge in [-0.3, -0.25) is 4.79 Å². The summed E-state index contributed by atoms with van der Waals surface area (Å²) in [7, 11) is 0. The molecule has 1 heterocycles. The van der Waals surface area contributed by atoms with Crippen molar-refractivity contribution in [2.75, 3.05) is 0 Å². The SMILES string of the molecule is O=C(Cl)CC1CC=CS1. The van der Waals surface area contributed by atoms with Crippen LogP contribution in [0.2, 0.25) is 0 Å². The van der Waals surface area contributed by atoms with Crippen LogP contribution >= 0.6 is 23.4 Å². The van der Waals surface area contributed by atoms with Gasteiger partial charge in [0.25, 0.3) is 0 Å². The van der Waals surface area contributed by atoms with Crippen LogP contribution in [0.5, 0.6) is 0 Å². The molecule has 1 unspecified atom stereocenters. The predicted molar refractivity (Wildman–Crippen MR) is 40.6 cm³/mol. The first-order valence-electron chi connectivity index (χ1n) is 2.78. The Labute approximate surface area is 63.5 Å². The maximum atomic E-state index is 10.3. The summed E-state index contributed by atoms with van der Waals surface area (Å²) in [6, 6.07) is 0. The molecule has 0 bridgehead atoms. The van der Waals surface area contributed by atoms with Crippen molar-refractivity contribution >= 4 is 28.6 Å². The fourth-order valence-electron chi connectivity index (χ4n) is 0.740. The van der Waals surface area contributed by atoms with Gasteiger partial charge in [0, 0.05) is 11.7 Å². The Hall–Kier alpha value is 0.0500. The Morgan fingerprint density at radius 3 is 3.11 bits per heavy atom. The van der Waals surface area contributed by atoms with E-state index in [1.807, 2.05) is 5.41 Å². The van der Waals surface area contributed by atoms with Crippen LogP contribution in [-0.2, 0) is 4.79 Å². The minimum absolute atomic E-state index is 0.226. The van der Waals surface area contributed by atoms with Gasteiger partial charge >= 0.3 is 0 Å². The number of halogens is 1. The average Bonchev–Trinajstić information content (AvgIpc) is 2.15.